The van der Waals surface area contributed by atoms with E-state index < -0.39 is 9.84 Å². The molecular weight excluding hydrogens is 241 g/mol. The first kappa shape index (κ1) is 14.0. The molecule has 96 valence electrons. The summed E-state index contributed by atoms with van der Waals surface area (Å²) in [6.07, 6.45) is 0.534. The zero-order valence-electron chi connectivity index (χ0n) is 10.2. The summed E-state index contributed by atoms with van der Waals surface area (Å²) >= 11 is 0. The summed E-state index contributed by atoms with van der Waals surface area (Å²) < 4.78 is 35.7. The van der Waals surface area contributed by atoms with E-state index in [-0.39, 0.29) is 17.3 Å². The highest BCUT2D eigenvalue weighted by Gasteiger charge is 2.07. The monoisotopic (exact) mass is 259 g/mol. The van der Waals surface area contributed by atoms with Gasteiger partial charge in [0.2, 0.25) is 0 Å². The molecule has 3 nitrogen and oxygen atoms in total. The van der Waals surface area contributed by atoms with Crippen LogP contribution in [0.15, 0.2) is 18.2 Å². The molecule has 17 heavy (non-hydrogen) atoms. The van der Waals surface area contributed by atoms with Crippen molar-refractivity contribution >= 4 is 15.5 Å². The molecule has 1 aromatic rings. The lowest BCUT2D eigenvalue weighted by atomic mass is 10.2. The van der Waals surface area contributed by atoms with Gasteiger partial charge in [0, 0.05) is 23.5 Å². The van der Waals surface area contributed by atoms with E-state index in [1.165, 1.54) is 6.07 Å². The average Bonchev–Trinajstić information content (AvgIpc) is 2.30. The van der Waals surface area contributed by atoms with Crippen molar-refractivity contribution in [1.82, 2.24) is 0 Å². The van der Waals surface area contributed by atoms with Crippen molar-refractivity contribution in [1.29, 1.82) is 0 Å². The van der Waals surface area contributed by atoms with Gasteiger partial charge in [0.1, 0.15) is 15.7 Å². The molecule has 0 atom stereocenters. The summed E-state index contributed by atoms with van der Waals surface area (Å²) in [5.74, 6) is 0.0906. The second-order valence-electron chi connectivity index (χ2n) is 3.93. The van der Waals surface area contributed by atoms with Crippen LogP contribution in [0.3, 0.4) is 0 Å². The summed E-state index contributed by atoms with van der Waals surface area (Å²) in [7, 11) is -2.91. The van der Waals surface area contributed by atoms with Crippen molar-refractivity contribution in [3.8, 4) is 0 Å². The van der Waals surface area contributed by atoms with Crippen molar-refractivity contribution < 1.29 is 12.8 Å². The summed E-state index contributed by atoms with van der Waals surface area (Å²) in [4.78, 5) is 0. The van der Waals surface area contributed by atoms with Crippen LogP contribution in [0.5, 0.6) is 0 Å². The molecule has 5 heteroatoms. The van der Waals surface area contributed by atoms with Crippen LogP contribution in [0, 0.1) is 12.7 Å². The number of benzene rings is 1. The molecule has 0 saturated heterocycles. The van der Waals surface area contributed by atoms with Gasteiger partial charge in [-0.25, -0.2) is 12.8 Å². The van der Waals surface area contributed by atoms with E-state index in [1.807, 2.05) is 0 Å². The van der Waals surface area contributed by atoms with E-state index in [1.54, 1.807) is 26.0 Å². The van der Waals surface area contributed by atoms with Gasteiger partial charge in [-0.2, -0.15) is 0 Å². The number of sulfone groups is 1. The van der Waals surface area contributed by atoms with Crippen LogP contribution in [-0.2, 0) is 9.84 Å². The number of anilines is 1. The number of rotatable bonds is 6. The lowest BCUT2D eigenvalue weighted by molar-refractivity contribution is 0.595. The summed E-state index contributed by atoms with van der Waals surface area (Å²) in [6.45, 7) is 3.86. The normalized spacial score (nSPS) is 11.5. The Bertz CT molecular complexity index is 471. The number of hydrogen-bond donors (Lipinski definition) is 1. The Kier molecular flexibility index (Phi) is 4.93. The highest BCUT2D eigenvalue weighted by Crippen LogP contribution is 2.17. The molecule has 0 aliphatic carbocycles. The Morgan fingerprint density at radius 2 is 2.06 bits per heavy atom. The first-order valence-electron chi connectivity index (χ1n) is 5.65. The number of hydrogen-bond acceptors (Lipinski definition) is 3. The summed E-state index contributed by atoms with van der Waals surface area (Å²) in [5, 5.41) is 3.05. The van der Waals surface area contributed by atoms with Gasteiger partial charge in [-0.15, -0.1) is 0 Å². The Morgan fingerprint density at radius 1 is 1.35 bits per heavy atom. The highest BCUT2D eigenvalue weighted by molar-refractivity contribution is 7.91. The first-order valence-corrected chi connectivity index (χ1v) is 7.48. The maximum Gasteiger partial charge on any atom is 0.150 e. The van der Waals surface area contributed by atoms with Gasteiger partial charge in [0.25, 0.3) is 0 Å². The minimum absolute atomic E-state index is 0.171. The topological polar surface area (TPSA) is 46.2 Å². The molecule has 0 heterocycles. The lowest BCUT2D eigenvalue weighted by Gasteiger charge is -2.09. The van der Waals surface area contributed by atoms with E-state index >= 15 is 0 Å². The van der Waals surface area contributed by atoms with Crippen molar-refractivity contribution in [2.24, 2.45) is 0 Å². The predicted octanol–water partition coefficient (Wildman–Crippen LogP) is 2.37. The average molecular weight is 259 g/mol. The van der Waals surface area contributed by atoms with Crippen LogP contribution in [0.4, 0.5) is 10.1 Å². The Labute approximate surface area is 102 Å². The molecule has 1 aromatic carbocycles. The molecule has 0 aliphatic heterocycles. The van der Waals surface area contributed by atoms with Gasteiger partial charge in [0.05, 0.1) is 5.75 Å². The predicted molar refractivity (Wildman–Crippen MR) is 68.6 cm³/mol. The largest absolute Gasteiger partial charge is 0.385 e. The fraction of sp³-hybridized carbons (Fsp3) is 0.500. The standard InChI is InChI=1S/C12H18FNO2S/c1-3-17(15,16)9-5-8-14-12-7-4-6-11(13)10(12)2/h4,6-7,14H,3,5,8-9H2,1-2H3. The van der Waals surface area contributed by atoms with Crippen LogP contribution in [0.1, 0.15) is 18.9 Å². The minimum atomic E-state index is -2.91. The van der Waals surface area contributed by atoms with E-state index in [0.717, 1.165) is 5.69 Å². The Hall–Kier alpha value is -1.10. The maximum absolute atomic E-state index is 13.2. The molecule has 0 amide bonds. The molecule has 0 radical (unpaired) electrons. The van der Waals surface area contributed by atoms with Gasteiger partial charge in [-0.3, -0.25) is 0 Å². The number of nitrogens with one attached hydrogen (secondary N) is 1. The minimum Gasteiger partial charge on any atom is -0.385 e. The smallest absolute Gasteiger partial charge is 0.150 e. The molecule has 0 fully saturated rings. The molecule has 0 bridgehead atoms. The Morgan fingerprint density at radius 3 is 2.71 bits per heavy atom. The van der Waals surface area contributed by atoms with Crippen molar-refractivity contribution in [3.05, 3.63) is 29.6 Å². The number of halogens is 1. The summed E-state index contributed by atoms with van der Waals surface area (Å²) in [6, 6.07) is 4.82. The van der Waals surface area contributed by atoms with Crippen LogP contribution < -0.4 is 5.32 Å². The van der Waals surface area contributed by atoms with Gasteiger partial charge < -0.3 is 5.32 Å². The third-order valence-electron chi connectivity index (χ3n) is 2.66. The SMILES string of the molecule is CCS(=O)(=O)CCCNc1cccc(F)c1C. The molecule has 1 rings (SSSR count). The third kappa shape index (κ3) is 4.34. The fourth-order valence-electron chi connectivity index (χ4n) is 1.46. The van der Waals surface area contributed by atoms with E-state index in [4.69, 9.17) is 0 Å². The second-order valence-corrected chi connectivity index (χ2v) is 6.40. The lowest BCUT2D eigenvalue weighted by Crippen LogP contribution is -2.13. The molecule has 0 spiro atoms. The van der Waals surface area contributed by atoms with Gasteiger partial charge >= 0.3 is 0 Å². The zero-order valence-corrected chi connectivity index (χ0v) is 11.0. The third-order valence-corrected chi connectivity index (χ3v) is 4.45. The maximum atomic E-state index is 13.2. The molecule has 0 aliphatic rings. The molecule has 1 N–H and O–H groups in total. The molecule has 0 saturated carbocycles. The first-order chi connectivity index (χ1) is 7.96. The van der Waals surface area contributed by atoms with Crippen molar-refractivity contribution in [2.75, 3.05) is 23.4 Å². The zero-order chi connectivity index (χ0) is 12.9. The molecule has 0 aromatic heterocycles. The fourth-order valence-corrected chi connectivity index (χ4v) is 2.33. The summed E-state index contributed by atoms with van der Waals surface area (Å²) in [5.41, 5.74) is 1.28. The highest BCUT2D eigenvalue weighted by atomic mass is 32.2. The second kappa shape index (κ2) is 6.00. The van der Waals surface area contributed by atoms with Crippen LogP contribution in [0.25, 0.3) is 0 Å². The van der Waals surface area contributed by atoms with E-state index in [9.17, 15) is 12.8 Å². The van der Waals surface area contributed by atoms with Crippen LogP contribution in [0.2, 0.25) is 0 Å². The van der Waals surface area contributed by atoms with E-state index in [0.29, 0.717) is 18.5 Å². The molecule has 0 unspecified atom stereocenters. The van der Waals surface area contributed by atoms with Crippen molar-refractivity contribution in [3.63, 3.8) is 0 Å². The van der Waals surface area contributed by atoms with Crippen molar-refractivity contribution in [2.45, 2.75) is 20.3 Å². The van der Waals surface area contributed by atoms with Crippen LogP contribution in [-0.4, -0.2) is 26.5 Å². The van der Waals surface area contributed by atoms with Gasteiger partial charge in [-0.05, 0) is 25.5 Å². The van der Waals surface area contributed by atoms with Gasteiger partial charge in [0.15, 0.2) is 0 Å². The van der Waals surface area contributed by atoms with E-state index in [2.05, 4.69) is 5.32 Å². The Balaban J connectivity index is 2.44. The quantitative estimate of drug-likeness (QED) is 0.798. The van der Waals surface area contributed by atoms with Gasteiger partial charge in [-0.1, -0.05) is 13.0 Å². The van der Waals surface area contributed by atoms with Crippen LogP contribution >= 0.6 is 0 Å². The molecular formula is C12H18FNO2S.